The van der Waals surface area contributed by atoms with Gasteiger partial charge in [-0.1, -0.05) is 19.9 Å². The van der Waals surface area contributed by atoms with Crippen molar-refractivity contribution in [2.75, 3.05) is 19.8 Å². The van der Waals surface area contributed by atoms with Crippen molar-refractivity contribution in [1.82, 2.24) is 15.1 Å². The maximum Gasteiger partial charge on any atom is 0.0591 e. The number of nitrogens with one attached hydrogen (secondary N) is 1. The summed E-state index contributed by atoms with van der Waals surface area (Å²) in [6, 6.07) is 0. The first-order valence-electron chi connectivity index (χ1n) is 5.81. The van der Waals surface area contributed by atoms with Crippen molar-refractivity contribution in [3.63, 3.8) is 0 Å². The van der Waals surface area contributed by atoms with Gasteiger partial charge in [0.1, 0.15) is 0 Å². The standard InChI is InChI=1S/C12H21N3O/c1-3-5-7-16-8-6-13-9-12-10-14-15(4-2)11-12/h4,10-11,13H,2-3,5-9H2,1H3. The molecular formula is C12H21N3O. The van der Waals surface area contributed by atoms with Gasteiger partial charge in [0, 0.05) is 37.7 Å². The Labute approximate surface area is 97.3 Å². The first kappa shape index (κ1) is 12.9. The highest BCUT2D eigenvalue weighted by molar-refractivity contribution is 5.17. The molecule has 1 rings (SSSR count). The van der Waals surface area contributed by atoms with Crippen LogP contribution in [0.2, 0.25) is 0 Å². The van der Waals surface area contributed by atoms with Crippen LogP contribution >= 0.6 is 0 Å². The number of nitrogens with zero attached hydrogens (tertiary/aromatic N) is 2. The quantitative estimate of drug-likeness (QED) is 0.650. The minimum absolute atomic E-state index is 0.773. The van der Waals surface area contributed by atoms with Gasteiger partial charge in [-0.3, -0.25) is 0 Å². The summed E-state index contributed by atoms with van der Waals surface area (Å²) in [5.74, 6) is 0. The number of hydrogen-bond donors (Lipinski definition) is 1. The van der Waals surface area contributed by atoms with Crippen molar-refractivity contribution in [2.24, 2.45) is 0 Å². The molecule has 0 radical (unpaired) electrons. The molecule has 1 N–H and O–H groups in total. The van der Waals surface area contributed by atoms with Crippen molar-refractivity contribution in [2.45, 2.75) is 26.3 Å². The number of aromatic nitrogens is 2. The van der Waals surface area contributed by atoms with Gasteiger partial charge in [0.15, 0.2) is 0 Å². The predicted molar refractivity (Wildman–Crippen MR) is 66.0 cm³/mol. The first-order valence-corrected chi connectivity index (χ1v) is 5.81. The molecule has 4 nitrogen and oxygen atoms in total. The summed E-state index contributed by atoms with van der Waals surface area (Å²) in [4.78, 5) is 0. The fraction of sp³-hybridized carbons (Fsp3) is 0.583. The lowest BCUT2D eigenvalue weighted by Crippen LogP contribution is -2.19. The molecule has 0 spiro atoms. The minimum Gasteiger partial charge on any atom is -0.380 e. The fourth-order valence-corrected chi connectivity index (χ4v) is 1.29. The average Bonchev–Trinajstić information content (AvgIpc) is 2.76. The van der Waals surface area contributed by atoms with Gasteiger partial charge >= 0.3 is 0 Å². The highest BCUT2D eigenvalue weighted by Gasteiger charge is 1.95. The predicted octanol–water partition coefficient (Wildman–Crippen LogP) is 1.89. The molecule has 16 heavy (non-hydrogen) atoms. The van der Waals surface area contributed by atoms with E-state index in [0.29, 0.717) is 0 Å². The Balaban J connectivity index is 2.00. The van der Waals surface area contributed by atoms with Crippen LogP contribution in [0.25, 0.3) is 6.20 Å². The second kappa shape index (κ2) is 8.07. The van der Waals surface area contributed by atoms with E-state index in [4.69, 9.17) is 4.74 Å². The first-order chi connectivity index (χ1) is 7.86. The molecule has 0 saturated heterocycles. The summed E-state index contributed by atoms with van der Waals surface area (Å²) in [7, 11) is 0. The van der Waals surface area contributed by atoms with Gasteiger partial charge in [-0.05, 0) is 6.42 Å². The van der Waals surface area contributed by atoms with Crippen molar-refractivity contribution < 1.29 is 4.74 Å². The summed E-state index contributed by atoms with van der Waals surface area (Å²) in [6.07, 6.45) is 7.81. The molecule has 0 aliphatic heterocycles. The summed E-state index contributed by atoms with van der Waals surface area (Å²) in [5.41, 5.74) is 1.16. The Morgan fingerprint density at radius 1 is 1.56 bits per heavy atom. The highest BCUT2D eigenvalue weighted by Crippen LogP contribution is 1.96. The maximum atomic E-state index is 5.44. The van der Waals surface area contributed by atoms with Gasteiger partial charge in [0.25, 0.3) is 0 Å². The Kier molecular flexibility index (Phi) is 6.53. The highest BCUT2D eigenvalue weighted by atomic mass is 16.5. The Hall–Kier alpha value is -1.13. The molecular weight excluding hydrogens is 202 g/mol. The Morgan fingerprint density at radius 2 is 2.44 bits per heavy atom. The molecule has 4 heteroatoms. The van der Waals surface area contributed by atoms with E-state index in [0.717, 1.165) is 38.3 Å². The van der Waals surface area contributed by atoms with Crippen molar-refractivity contribution in [1.29, 1.82) is 0 Å². The summed E-state index contributed by atoms with van der Waals surface area (Å²) >= 11 is 0. The molecule has 0 amide bonds. The molecule has 0 fully saturated rings. The molecule has 0 aliphatic rings. The van der Waals surface area contributed by atoms with E-state index in [-0.39, 0.29) is 0 Å². The minimum atomic E-state index is 0.773. The van der Waals surface area contributed by atoms with Crippen LogP contribution in [-0.4, -0.2) is 29.5 Å². The van der Waals surface area contributed by atoms with Gasteiger partial charge < -0.3 is 10.1 Å². The van der Waals surface area contributed by atoms with E-state index in [1.54, 1.807) is 10.9 Å². The van der Waals surface area contributed by atoms with E-state index < -0.39 is 0 Å². The molecule has 0 aromatic carbocycles. The summed E-state index contributed by atoms with van der Waals surface area (Å²) < 4.78 is 7.14. The molecule has 90 valence electrons. The smallest absolute Gasteiger partial charge is 0.0591 e. The zero-order chi connectivity index (χ0) is 11.6. The van der Waals surface area contributed by atoms with E-state index >= 15 is 0 Å². The molecule has 1 aromatic rings. The van der Waals surface area contributed by atoms with Gasteiger partial charge in [0.05, 0.1) is 12.8 Å². The second-order valence-electron chi connectivity index (χ2n) is 3.65. The summed E-state index contributed by atoms with van der Waals surface area (Å²) in [5, 5.41) is 7.40. The van der Waals surface area contributed by atoms with Crippen LogP contribution in [-0.2, 0) is 11.3 Å². The Bertz CT molecular complexity index is 296. The van der Waals surface area contributed by atoms with Crippen LogP contribution in [0.1, 0.15) is 25.3 Å². The molecule has 0 atom stereocenters. The lowest BCUT2D eigenvalue weighted by molar-refractivity contribution is 0.133. The van der Waals surface area contributed by atoms with Crippen molar-refractivity contribution in [3.05, 3.63) is 24.5 Å². The van der Waals surface area contributed by atoms with Gasteiger partial charge in [0.2, 0.25) is 0 Å². The monoisotopic (exact) mass is 223 g/mol. The normalized spacial score (nSPS) is 10.6. The van der Waals surface area contributed by atoms with Gasteiger partial charge in [-0.25, -0.2) is 4.68 Å². The largest absolute Gasteiger partial charge is 0.380 e. The third-order valence-corrected chi connectivity index (χ3v) is 2.24. The number of hydrogen-bond acceptors (Lipinski definition) is 3. The van der Waals surface area contributed by atoms with Gasteiger partial charge in [-0.2, -0.15) is 5.10 Å². The van der Waals surface area contributed by atoms with Crippen LogP contribution < -0.4 is 5.32 Å². The number of ether oxygens (including phenoxy) is 1. The van der Waals surface area contributed by atoms with Crippen LogP contribution in [0.15, 0.2) is 19.0 Å². The maximum absolute atomic E-state index is 5.44. The van der Waals surface area contributed by atoms with Crippen molar-refractivity contribution in [3.8, 4) is 0 Å². The number of unbranched alkanes of at least 4 members (excludes halogenated alkanes) is 1. The van der Waals surface area contributed by atoms with Gasteiger partial charge in [-0.15, -0.1) is 0 Å². The van der Waals surface area contributed by atoms with Crippen LogP contribution in [0.3, 0.4) is 0 Å². The molecule has 0 bridgehead atoms. The topological polar surface area (TPSA) is 39.1 Å². The SMILES string of the molecule is C=Cn1cc(CNCCOCCCC)cn1. The van der Waals surface area contributed by atoms with Crippen LogP contribution in [0.5, 0.6) is 0 Å². The van der Waals surface area contributed by atoms with E-state index in [9.17, 15) is 0 Å². The second-order valence-corrected chi connectivity index (χ2v) is 3.65. The average molecular weight is 223 g/mol. The molecule has 0 unspecified atom stereocenters. The number of rotatable bonds is 9. The molecule has 1 aromatic heterocycles. The third-order valence-electron chi connectivity index (χ3n) is 2.24. The molecule has 0 aliphatic carbocycles. The third kappa shape index (κ3) is 5.09. The van der Waals surface area contributed by atoms with Crippen LogP contribution in [0.4, 0.5) is 0 Å². The van der Waals surface area contributed by atoms with E-state index in [1.165, 1.54) is 6.42 Å². The lowest BCUT2D eigenvalue weighted by atomic mass is 10.3. The Morgan fingerprint density at radius 3 is 3.12 bits per heavy atom. The van der Waals surface area contributed by atoms with E-state index in [1.807, 2.05) is 12.4 Å². The zero-order valence-electron chi connectivity index (χ0n) is 9.98. The summed E-state index contributed by atoms with van der Waals surface area (Å²) in [6.45, 7) is 9.15. The lowest BCUT2D eigenvalue weighted by Gasteiger charge is -2.04. The zero-order valence-corrected chi connectivity index (χ0v) is 9.98. The van der Waals surface area contributed by atoms with Crippen molar-refractivity contribution >= 4 is 6.20 Å². The molecule has 0 saturated carbocycles. The fourth-order valence-electron chi connectivity index (χ4n) is 1.29. The molecule has 1 heterocycles. The van der Waals surface area contributed by atoms with Crippen LogP contribution in [0, 0.1) is 0 Å². The van der Waals surface area contributed by atoms with E-state index in [2.05, 4.69) is 23.9 Å².